The molecule has 0 aliphatic heterocycles. The van der Waals surface area contributed by atoms with Gasteiger partial charge in [-0.2, -0.15) is 0 Å². The van der Waals surface area contributed by atoms with E-state index in [2.05, 4.69) is 17.6 Å². The van der Waals surface area contributed by atoms with Crippen molar-refractivity contribution in [1.29, 1.82) is 0 Å². The minimum absolute atomic E-state index is 0.0945. The van der Waals surface area contributed by atoms with Gasteiger partial charge in [0.2, 0.25) is 11.8 Å². The van der Waals surface area contributed by atoms with E-state index in [-0.39, 0.29) is 18.4 Å². The Hall–Kier alpha value is -2.82. The smallest absolute Gasteiger partial charge is 0.243 e. The van der Waals surface area contributed by atoms with Crippen LogP contribution in [0.25, 0.3) is 0 Å². The van der Waals surface area contributed by atoms with Gasteiger partial charge in [0.15, 0.2) is 0 Å². The van der Waals surface area contributed by atoms with E-state index in [1.165, 1.54) is 11.1 Å². The lowest BCUT2D eigenvalue weighted by molar-refractivity contribution is -0.128. The molecule has 0 aromatic heterocycles. The molecule has 0 spiro atoms. The first-order valence-corrected chi connectivity index (χ1v) is 8.75. The average molecular weight is 353 g/mol. The van der Waals surface area contributed by atoms with Crippen molar-refractivity contribution in [3.8, 4) is 0 Å². The molecule has 0 atom stereocenters. The lowest BCUT2D eigenvalue weighted by Gasteiger charge is -2.11. The second-order valence-electron chi connectivity index (χ2n) is 6.69. The van der Waals surface area contributed by atoms with Gasteiger partial charge in [-0.3, -0.25) is 9.59 Å². The van der Waals surface area contributed by atoms with Crippen LogP contribution >= 0.6 is 0 Å². The van der Waals surface area contributed by atoms with Crippen LogP contribution in [0.4, 0.5) is 11.4 Å². The van der Waals surface area contributed by atoms with E-state index in [0.717, 1.165) is 16.9 Å². The maximum absolute atomic E-state index is 12.2. The zero-order chi connectivity index (χ0) is 19.1. The van der Waals surface area contributed by atoms with E-state index >= 15 is 0 Å². The summed E-state index contributed by atoms with van der Waals surface area (Å²) in [5, 5.41) is 6.03. The van der Waals surface area contributed by atoms with Crippen LogP contribution in [0.15, 0.2) is 42.5 Å². The molecule has 2 amide bonds. The fourth-order valence-corrected chi connectivity index (χ4v) is 2.52. The predicted octanol–water partition coefficient (Wildman–Crippen LogP) is 3.37. The summed E-state index contributed by atoms with van der Waals surface area (Å²) in [7, 11) is 3.50. The van der Waals surface area contributed by atoms with Gasteiger partial charge in [-0.1, -0.05) is 18.2 Å². The zero-order valence-corrected chi connectivity index (χ0v) is 15.9. The Kier molecular flexibility index (Phi) is 6.78. The number of benzene rings is 2. The van der Waals surface area contributed by atoms with Crippen molar-refractivity contribution in [1.82, 2.24) is 4.90 Å². The van der Waals surface area contributed by atoms with Gasteiger partial charge in [-0.25, -0.2) is 0 Å². The molecule has 0 radical (unpaired) electrons. The number of carbonyl (C=O) groups excluding carboxylic acids is 2. The van der Waals surface area contributed by atoms with Gasteiger partial charge in [0.25, 0.3) is 0 Å². The van der Waals surface area contributed by atoms with Gasteiger partial charge in [-0.15, -0.1) is 0 Å². The third-order valence-corrected chi connectivity index (χ3v) is 4.30. The Labute approximate surface area is 155 Å². The Morgan fingerprint density at radius 1 is 0.962 bits per heavy atom. The summed E-state index contributed by atoms with van der Waals surface area (Å²) in [4.78, 5) is 25.4. The number of carbonyl (C=O) groups is 2. The minimum Gasteiger partial charge on any atom is -0.376 e. The second-order valence-corrected chi connectivity index (χ2v) is 6.69. The molecular weight excluding hydrogens is 326 g/mol. The van der Waals surface area contributed by atoms with Crippen molar-refractivity contribution in [3.63, 3.8) is 0 Å². The van der Waals surface area contributed by atoms with Gasteiger partial charge in [0.05, 0.1) is 6.54 Å². The van der Waals surface area contributed by atoms with Gasteiger partial charge >= 0.3 is 0 Å². The van der Waals surface area contributed by atoms with Crippen molar-refractivity contribution >= 4 is 23.2 Å². The van der Waals surface area contributed by atoms with Crippen molar-refractivity contribution in [2.75, 3.05) is 31.3 Å². The molecule has 2 rings (SSSR count). The van der Waals surface area contributed by atoms with E-state index in [0.29, 0.717) is 12.8 Å². The van der Waals surface area contributed by atoms with Crippen LogP contribution in [0.1, 0.15) is 23.1 Å². The van der Waals surface area contributed by atoms with E-state index in [1.54, 1.807) is 19.0 Å². The quantitative estimate of drug-likeness (QED) is 0.802. The first-order valence-electron chi connectivity index (χ1n) is 8.75. The fraction of sp³-hybridized carbons (Fsp3) is 0.333. The molecule has 0 bridgehead atoms. The molecule has 0 aliphatic carbocycles. The molecule has 0 aliphatic rings. The van der Waals surface area contributed by atoms with Crippen LogP contribution < -0.4 is 10.6 Å². The maximum atomic E-state index is 12.2. The Bertz CT molecular complexity index is 785. The second kappa shape index (κ2) is 9.04. The van der Waals surface area contributed by atoms with Crippen LogP contribution in [-0.4, -0.2) is 37.4 Å². The highest BCUT2D eigenvalue weighted by molar-refractivity contribution is 5.93. The normalized spacial score (nSPS) is 10.3. The number of rotatable bonds is 7. The molecular formula is C21H27N3O2. The standard InChI is InChI=1S/C21H27N3O2/c1-15-8-10-18(12-16(15)2)22-14-20(25)23-19-7-5-6-17(13-19)9-11-21(26)24(3)4/h5-8,10,12-13,22H,9,11,14H2,1-4H3,(H,23,25). The molecule has 0 fully saturated rings. The molecule has 138 valence electrons. The van der Waals surface area contributed by atoms with E-state index in [9.17, 15) is 9.59 Å². The predicted molar refractivity (Wildman–Crippen MR) is 106 cm³/mol. The number of hydrogen-bond acceptors (Lipinski definition) is 3. The molecule has 0 saturated carbocycles. The number of hydrogen-bond donors (Lipinski definition) is 2. The van der Waals surface area contributed by atoms with Crippen LogP contribution in [0.5, 0.6) is 0 Å². The molecule has 5 heteroatoms. The minimum atomic E-state index is -0.107. The number of amides is 2. The SMILES string of the molecule is Cc1ccc(NCC(=O)Nc2cccc(CCC(=O)N(C)C)c2)cc1C. The lowest BCUT2D eigenvalue weighted by atomic mass is 10.1. The third-order valence-electron chi connectivity index (χ3n) is 4.30. The molecule has 2 aromatic rings. The number of anilines is 2. The summed E-state index contributed by atoms with van der Waals surface area (Å²) >= 11 is 0. The molecule has 2 N–H and O–H groups in total. The van der Waals surface area contributed by atoms with Crippen LogP contribution in [0.2, 0.25) is 0 Å². The number of nitrogens with one attached hydrogen (secondary N) is 2. The molecule has 0 saturated heterocycles. The van der Waals surface area contributed by atoms with Crippen molar-refractivity contribution in [2.45, 2.75) is 26.7 Å². The summed E-state index contributed by atoms with van der Waals surface area (Å²) < 4.78 is 0. The van der Waals surface area contributed by atoms with Gasteiger partial charge in [0.1, 0.15) is 0 Å². The number of nitrogens with zero attached hydrogens (tertiary/aromatic N) is 1. The van der Waals surface area contributed by atoms with Crippen molar-refractivity contribution < 1.29 is 9.59 Å². The Morgan fingerprint density at radius 2 is 1.73 bits per heavy atom. The van der Waals surface area contributed by atoms with Crippen LogP contribution in [0, 0.1) is 13.8 Å². The average Bonchev–Trinajstić information content (AvgIpc) is 2.61. The fourth-order valence-electron chi connectivity index (χ4n) is 2.52. The first kappa shape index (κ1) is 19.5. The topological polar surface area (TPSA) is 61.4 Å². The maximum Gasteiger partial charge on any atom is 0.243 e. The Balaban J connectivity index is 1.87. The summed E-state index contributed by atoms with van der Waals surface area (Å²) in [6.45, 7) is 4.31. The van der Waals surface area contributed by atoms with E-state index in [4.69, 9.17) is 0 Å². The molecule has 2 aromatic carbocycles. The van der Waals surface area contributed by atoms with E-state index < -0.39 is 0 Å². The van der Waals surface area contributed by atoms with E-state index in [1.807, 2.05) is 49.4 Å². The van der Waals surface area contributed by atoms with Gasteiger partial charge < -0.3 is 15.5 Å². The third kappa shape index (κ3) is 5.92. The molecule has 0 unspecified atom stereocenters. The largest absolute Gasteiger partial charge is 0.376 e. The van der Waals surface area contributed by atoms with Crippen molar-refractivity contribution in [2.24, 2.45) is 0 Å². The van der Waals surface area contributed by atoms with Crippen molar-refractivity contribution in [3.05, 3.63) is 59.2 Å². The summed E-state index contributed by atoms with van der Waals surface area (Å²) in [6, 6.07) is 13.7. The van der Waals surface area contributed by atoms with Gasteiger partial charge in [0, 0.05) is 31.9 Å². The number of aryl methyl sites for hydroxylation is 3. The summed E-state index contributed by atoms with van der Waals surface area (Å²) in [5.74, 6) is -0.0122. The highest BCUT2D eigenvalue weighted by atomic mass is 16.2. The monoisotopic (exact) mass is 353 g/mol. The molecule has 26 heavy (non-hydrogen) atoms. The summed E-state index contributed by atoms with van der Waals surface area (Å²) in [5.41, 5.74) is 5.12. The Morgan fingerprint density at radius 3 is 2.42 bits per heavy atom. The van der Waals surface area contributed by atoms with Crippen LogP contribution in [-0.2, 0) is 16.0 Å². The molecule has 0 heterocycles. The molecule has 5 nitrogen and oxygen atoms in total. The highest BCUT2D eigenvalue weighted by Crippen LogP contribution is 2.15. The van der Waals surface area contributed by atoms with Crippen LogP contribution in [0.3, 0.4) is 0 Å². The summed E-state index contributed by atoms with van der Waals surface area (Å²) in [6.07, 6.45) is 1.11. The zero-order valence-electron chi connectivity index (χ0n) is 15.9. The lowest BCUT2D eigenvalue weighted by Crippen LogP contribution is -2.22. The van der Waals surface area contributed by atoms with Gasteiger partial charge in [-0.05, 0) is 61.2 Å². The highest BCUT2D eigenvalue weighted by Gasteiger charge is 2.07. The first-order chi connectivity index (χ1) is 12.3.